The third-order valence-electron chi connectivity index (χ3n) is 8.59. The molecule has 0 aliphatic carbocycles. The average Bonchev–Trinajstić information content (AvgIpc) is 3.49. The highest BCUT2D eigenvalue weighted by atomic mass is 79.9. The number of halogens is 1. The van der Waals surface area contributed by atoms with E-state index in [1.165, 1.54) is 24.3 Å². The molecule has 4 atom stereocenters. The quantitative estimate of drug-likeness (QED) is 0.159. The van der Waals surface area contributed by atoms with Gasteiger partial charge >= 0.3 is 0 Å². The summed E-state index contributed by atoms with van der Waals surface area (Å²) < 4.78 is 0.780. The molecule has 3 aliphatic heterocycles. The molecule has 206 valence electrons. The van der Waals surface area contributed by atoms with Gasteiger partial charge in [-0.3, -0.25) is 24.5 Å². The number of ketones is 2. The summed E-state index contributed by atoms with van der Waals surface area (Å²) in [4.78, 5) is 56.6. The maximum absolute atomic E-state index is 14.7. The number of fused-ring (bicyclic) bond motifs is 6. The largest absolute Gasteiger partial charge is 0.358 e. The SMILES string of the molecule is O=C(c1cccc([N+](=O)[O-])c1)[C@@H]1[C@H](C(=O)c2ccc(Br)cc2)[C@@]2(C(=O)Nc3ccccc32)[C@@H]2c3ccccc3C=CN12. The number of nitro groups is 1. The molecule has 1 amide bonds. The number of nitrogens with one attached hydrogen (secondary N) is 1. The lowest BCUT2D eigenvalue weighted by Crippen LogP contribution is -2.49. The van der Waals surface area contributed by atoms with Crippen LogP contribution < -0.4 is 5.32 Å². The van der Waals surface area contributed by atoms with Crippen molar-refractivity contribution >= 4 is 50.9 Å². The third-order valence-corrected chi connectivity index (χ3v) is 9.12. The van der Waals surface area contributed by atoms with Crippen molar-refractivity contribution in [2.24, 2.45) is 5.92 Å². The van der Waals surface area contributed by atoms with E-state index in [2.05, 4.69) is 21.2 Å². The van der Waals surface area contributed by atoms with Gasteiger partial charge in [-0.2, -0.15) is 0 Å². The Kier molecular flexibility index (Phi) is 5.95. The Labute approximate surface area is 248 Å². The first-order valence-electron chi connectivity index (χ1n) is 13.4. The number of benzene rings is 4. The molecule has 0 radical (unpaired) electrons. The lowest BCUT2D eigenvalue weighted by atomic mass is 9.62. The van der Waals surface area contributed by atoms with E-state index in [9.17, 15) is 24.5 Å². The van der Waals surface area contributed by atoms with Crippen molar-refractivity contribution in [1.82, 2.24) is 4.90 Å². The maximum atomic E-state index is 14.7. The van der Waals surface area contributed by atoms with Crippen LogP contribution in [0.3, 0.4) is 0 Å². The zero-order valence-corrected chi connectivity index (χ0v) is 23.5. The first-order chi connectivity index (χ1) is 20.3. The molecular formula is C33H22BrN3O5. The van der Waals surface area contributed by atoms with Crippen molar-refractivity contribution in [3.8, 4) is 0 Å². The number of nitrogens with zero attached hydrogens (tertiary/aromatic N) is 2. The van der Waals surface area contributed by atoms with Gasteiger partial charge in [-0.05, 0) is 41.0 Å². The molecule has 0 saturated carbocycles. The van der Waals surface area contributed by atoms with Gasteiger partial charge < -0.3 is 10.2 Å². The van der Waals surface area contributed by atoms with Crippen LogP contribution in [0, 0.1) is 16.0 Å². The summed E-state index contributed by atoms with van der Waals surface area (Å²) >= 11 is 3.42. The lowest BCUT2D eigenvalue weighted by molar-refractivity contribution is -0.384. The minimum atomic E-state index is -1.47. The molecule has 0 bridgehead atoms. The predicted molar refractivity (Wildman–Crippen MR) is 160 cm³/mol. The van der Waals surface area contributed by atoms with Crippen molar-refractivity contribution in [2.45, 2.75) is 17.5 Å². The summed E-state index contributed by atoms with van der Waals surface area (Å²) in [6.45, 7) is 0. The third kappa shape index (κ3) is 3.63. The molecule has 3 aliphatic rings. The summed E-state index contributed by atoms with van der Waals surface area (Å²) in [5.41, 5.74) is 1.67. The highest BCUT2D eigenvalue weighted by Crippen LogP contribution is 2.62. The Balaban J connectivity index is 1.53. The zero-order chi connectivity index (χ0) is 29.2. The van der Waals surface area contributed by atoms with Crippen LogP contribution in [0.15, 0.2) is 108 Å². The van der Waals surface area contributed by atoms with Crippen LogP contribution in [0.4, 0.5) is 11.4 Å². The molecule has 0 unspecified atom stereocenters. The normalized spacial score (nSPS) is 23.2. The first kappa shape index (κ1) is 26.0. The molecule has 7 rings (SSSR count). The van der Waals surface area contributed by atoms with Crippen LogP contribution in [-0.4, -0.2) is 33.3 Å². The number of hydrogen-bond donors (Lipinski definition) is 1. The zero-order valence-electron chi connectivity index (χ0n) is 21.9. The Morgan fingerprint density at radius 2 is 1.62 bits per heavy atom. The first-order valence-corrected chi connectivity index (χ1v) is 14.2. The predicted octanol–water partition coefficient (Wildman–Crippen LogP) is 6.34. The fourth-order valence-electron chi connectivity index (χ4n) is 6.90. The van der Waals surface area contributed by atoms with Crippen LogP contribution in [0.5, 0.6) is 0 Å². The molecule has 3 heterocycles. The smallest absolute Gasteiger partial charge is 0.270 e. The average molecular weight is 620 g/mol. The number of anilines is 1. The number of carbonyl (C=O) groups is 3. The van der Waals surface area contributed by atoms with Gasteiger partial charge in [-0.1, -0.05) is 82.7 Å². The van der Waals surface area contributed by atoms with Crippen LogP contribution >= 0.6 is 15.9 Å². The van der Waals surface area contributed by atoms with Gasteiger partial charge in [0.15, 0.2) is 11.6 Å². The number of rotatable bonds is 5. The minimum Gasteiger partial charge on any atom is -0.358 e. The van der Waals surface area contributed by atoms with Crippen LogP contribution in [0.25, 0.3) is 6.08 Å². The summed E-state index contributed by atoms with van der Waals surface area (Å²) in [6.07, 6.45) is 3.65. The molecule has 42 heavy (non-hydrogen) atoms. The number of carbonyl (C=O) groups excluding carboxylic acids is 3. The number of nitro benzene ring substituents is 1. The number of hydrogen-bond acceptors (Lipinski definition) is 6. The Morgan fingerprint density at radius 3 is 2.40 bits per heavy atom. The van der Waals surface area contributed by atoms with Gasteiger partial charge in [0, 0.05) is 39.6 Å². The minimum absolute atomic E-state index is 0.0950. The van der Waals surface area contributed by atoms with E-state index in [0.29, 0.717) is 16.8 Å². The Bertz CT molecular complexity index is 1850. The van der Waals surface area contributed by atoms with Crippen LogP contribution in [-0.2, 0) is 10.2 Å². The standard InChI is InChI=1S/C33H22BrN3O5/c34-22-14-12-20(13-15-22)29(38)27-28(30(39)21-7-5-8-23(18-21)37(41)42)36-17-16-19-6-1-2-9-24(19)31(36)33(27)25-10-3-4-11-26(25)35-32(33)40/h1-18,27-28,31H,(H,35,40)/t27-,28+,31+,33-/m1/s1. The van der Waals surface area contributed by atoms with Crippen LogP contribution in [0.2, 0.25) is 0 Å². The number of amides is 1. The number of para-hydroxylation sites is 1. The van der Waals surface area contributed by atoms with E-state index in [4.69, 9.17) is 0 Å². The van der Waals surface area contributed by atoms with E-state index >= 15 is 0 Å². The second-order valence-electron chi connectivity index (χ2n) is 10.6. The molecule has 1 spiro atoms. The number of non-ortho nitro benzene ring substituents is 1. The van der Waals surface area contributed by atoms with E-state index in [1.807, 2.05) is 53.4 Å². The Morgan fingerprint density at radius 1 is 0.881 bits per heavy atom. The maximum Gasteiger partial charge on any atom is 0.270 e. The molecular weight excluding hydrogens is 598 g/mol. The van der Waals surface area contributed by atoms with Crippen molar-refractivity contribution in [1.29, 1.82) is 0 Å². The number of Topliss-reactive ketones (excluding diaryl/α,β-unsaturated/α-hetero) is 2. The molecule has 4 aromatic rings. The van der Waals surface area contributed by atoms with Crippen LogP contribution in [0.1, 0.15) is 43.4 Å². The van der Waals surface area contributed by atoms with Gasteiger partial charge in [-0.25, -0.2) is 0 Å². The molecule has 4 aromatic carbocycles. The highest BCUT2D eigenvalue weighted by Gasteiger charge is 2.70. The molecule has 9 heteroatoms. The molecule has 1 fully saturated rings. The van der Waals surface area contributed by atoms with E-state index in [0.717, 1.165) is 15.6 Å². The summed E-state index contributed by atoms with van der Waals surface area (Å²) in [5, 5.41) is 14.6. The van der Waals surface area contributed by atoms with E-state index < -0.39 is 34.1 Å². The van der Waals surface area contributed by atoms with Crippen molar-refractivity contribution < 1.29 is 19.3 Å². The fraction of sp³-hybridized carbons (Fsp3) is 0.121. The second-order valence-corrected chi connectivity index (χ2v) is 11.5. The summed E-state index contributed by atoms with van der Waals surface area (Å²) in [5.74, 6) is -2.36. The Hall–Kier alpha value is -4.89. The van der Waals surface area contributed by atoms with Gasteiger partial charge in [0.25, 0.3) is 5.69 Å². The highest BCUT2D eigenvalue weighted by molar-refractivity contribution is 9.10. The van der Waals surface area contributed by atoms with Crippen molar-refractivity contribution in [3.63, 3.8) is 0 Å². The molecule has 1 N–H and O–H groups in total. The summed E-state index contributed by atoms with van der Waals surface area (Å²) in [7, 11) is 0. The molecule has 1 saturated heterocycles. The summed E-state index contributed by atoms with van der Waals surface area (Å²) in [6, 6.07) is 25.5. The van der Waals surface area contributed by atoms with Gasteiger partial charge in [0.1, 0.15) is 11.5 Å². The monoisotopic (exact) mass is 619 g/mol. The van der Waals surface area contributed by atoms with Crippen molar-refractivity contribution in [2.75, 3.05) is 5.32 Å². The molecule has 8 nitrogen and oxygen atoms in total. The van der Waals surface area contributed by atoms with Gasteiger partial charge in [-0.15, -0.1) is 0 Å². The van der Waals surface area contributed by atoms with Gasteiger partial charge in [0.2, 0.25) is 5.91 Å². The lowest BCUT2D eigenvalue weighted by Gasteiger charge is -2.38. The second kappa shape index (κ2) is 9.60. The van der Waals surface area contributed by atoms with E-state index in [1.54, 1.807) is 36.5 Å². The fourth-order valence-corrected chi connectivity index (χ4v) is 7.17. The molecule has 0 aromatic heterocycles. The van der Waals surface area contributed by atoms with Crippen molar-refractivity contribution in [3.05, 3.63) is 146 Å². The topological polar surface area (TPSA) is 110 Å². The van der Waals surface area contributed by atoms with Gasteiger partial charge in [0.05, 0.1) is 16.9 Å². The van der Waals surface area contributed by atoms with E-state index in [-0.39, 0.29) is 22.9 Å².